The molecule has 1 aliphatic rings. The van der Waals surface area contributed by atoms with Crippen LogP contribution in [0.2, 0.25) is 0 Å². The molecule has 25 heavy (non-hydrogen) atoms. The summed E-state index contributed by atoms with van der Waals surface area (Å²) in [6, 6.07) is 13.3. The van der Waals surface area contributed by atoms with Gasteiger partial charge in [-0.2, -0.15) is 0 Å². The number of carbonyl (C=O) groups excluding carboxylic acids is 2. The first-order chi connectivity index (χ1) is 11.9. The van der Waals surface area contributed by atoms with E-state index >= 15 is 0 Å². The number of benzene rings is 2. The Bertz CT molecular complexity index is 792. The van der Waals surface area contributed by atoms with Crippen LogP contribution in [0.3, 0.4) is 0 Å². The number of urea groups is 1. The van der Waals surface area contributed by atoms with Crippen molar-refractivity contribution in [3.63, 3.8) is 0 Å². The van der Waals surface area contributed by atoms with Crippen molar-refractivity contribution in [3.8, 4) is 0 Å². The third-order valence-corrected chi connectivity index (χ3v) is 5.29. The lowest BCUT2D eigenvalue weighted by atomic mass is 9.91. The molecule has 1 aliphatic heterocycles. The molecule has 2 aromatic rings. The van der Waals surface area contributed by atoms with Gasteiger partial charge >= 0.3 is 6.03 Å². The normalized spacial score (nSPS) is 20.0. The smallest absolute Gasteiger partial charge is 0.319 e. The number of hydrogen-bond donors (Lipinski definition) is 1. The molecule has 0 aliphatic carbocycles. The van der Waals surface area contributed by atoms with Crippen molar-refractivity contribution in [2.75, 3.05) is 12.3 Å². The molecule has 0 bridgehead atoms. The van der Waals surface area contributed by atoms with Crippen LogP contribution in [0.25, 0.3) is 0 Å². The number of amides is 3. The molecular weight excluding hydrogens is 339 g/mol. The Kier molecular flexibility index (Phi) is 4.81. The standard InChI is InChI=1S/C19H19FN2O2S/c1-13-3-5-14(6-4-13)19(2)17(23)22(18(24)21-19)11-12-25-16-9-7-15(20)8-10-16/h3-10H,11-12H2,1-2H3,(H,21,24). The Morgan fingerprint density at radius 1 is 1.08 bits per heavy atom. The lowest BCUT2D eigenvalue weighted by Gasteiger charge is -2.22. The molecule has 1 fully saturated rings. The number of carbonyl (C=O) groups is 2. The Morgan fingerprint density at radius 2 is 1.72 bits per heavy atom. The van der Waals surface area contributed by atoms with Crippen LogP contribution in [0.1, 0.15) is 18.1 Å². The van der Waals surface area contributed by atoms with Gasteiger partial charge in [0.05, 0.1) is 0 Å². The Labute approximate surface area is 150 Å². The zero-order valence-electron chi connectivity index (χ0n) is 14.1. The second kappa shape index (κ2) is 6.88. The highest BCUT2D eigenvalue weighted by Gasteiger charge is 2.48. The molecular formula is C19H19FN2O2S. The molecule has 1 saturated heterocycles. The molecule has 4 nitrogen and oxygen atoms in total. The maximum Gasteiger partial charge on any atom is 0.325 e. The fraction of sp³-hybridized carbons (Fsp3) is 0.263. The van der Waals surface area contributed by atoms with E-state index in [-0.39, 0.29) is 17.8 Å². The van der Waals surface area contributed by atoms with Crippen LogP contribution in [0.4, 0.5) is 9.18 Å². The van der Waals surface area contributed by atoms with Gasteiger partial charge in [-0.1, -0.05) is 29.8 Å². The summed E-state index contributed by atoms with van der Waals surface area (Å²) < 4.78 is 12.9. The highest BCUT2D eigenvalue weighted by Crippen LogP contribution is 2.29. The molecule has 3 rings (SSSR count). The number of thioether (sulfide) groups is 1. The van der Waals surface area contributed by atoms with Crippen LogP contribution in [0.5, 0.6) is 0 Å². The van der Waals surface area contributed by atoms with Crippen molar-refractivity contribution in [3.05, 3.63) is 65.5 Å². The molecule has 0 radical (unpaired) electrons. The van der Waals surface area contributed by atoms with Gasteiger partial charge in [-0.25, -0.2) is 9.18 Å². The first-order valence-electron chi connectivity index (χ1n) is 8.00. The summed E-state index contributed by atoms with van der Waals surface area (Å²) in [7, 11) is 0. The first kappa shape index (κ1) is 17.5. The van der Waals surface area contributed by atoms with Gasteiger partial charge in [0.2, 0.25) is 0 Å². The van der Waals surface area contributed by atoms with Crippen molar-refractivity contribution in [1.82, 2.24) is 10.2 Å². The molecule has 6 heteroatoms. The van der Waals surface area contributed by atoms with Crippen LogP contribution in [0.15, 0.2) is 53.4 Å². The first-order valence-corrected chi connectivity index (χ1v) is 8.98. The number of hydrogen-bond acceptors (Lipinski definition) is 3. The van der Waals surface area contributed by atoms with E-state index in [2.05, 4.69) is 5.32 Å². The van der Waals surface area contributed by atoms with E-state index in [4.69, 9.17) is 0 Å². The lowest BCUT2D eigenvalue weighted by Crippen LogP contribution is -2.41. The van der Waals surface area contributed by atoms with E-state index in [9.17, 15) is 14.0 Å². The van der Waals surface area contributed by atoms with Crippen LogP contribution in [-0.4, -0.2) is 29.1 Å². The second-order valence-electron chi connectivity index (χ2n) is 6.18. The monoisotopic (exact) mass is 358 g/mol. The SMILES string of the molecule is Cc1ccc(C2(C)NC(=O)N(CCSc3ccc(F)cc3)C2=O)cc1. The quantitative estimate of drug-likeness (QED) is 0.655. The van der Waals surface area contributed by atoms with Gasteiger partial charge in [0.25, 0.3) is 5.91 Å². The summed E-state index contributed by atoms with van der Waals surface area (Å²) in [6.07, 6.45) is 0. The summed E-state index contributed by atoms with van der Waals surface area (Å²) in [6.45, 7) is 4.00. The number of aryl methyl sites for hydroxylation is 1. The van der Waals surface area contributed by atoms with E-state index in [0.29, 0.717) is 12.3 Å². The zero-order chi connectivity index (χ0) is 18.0. The topological polar surface area (TPSA) is 49.4 Å². The van der Waals surface area contributed by atoms with Gasteiger partial charge in [0, 0.05) is 17.2 Å². The molecule has 1 N–H and O–H groups in total. The van der Waals surface area contributed by atoms with Crippen LogP contribution >= 0.6 is 11.8 Å². The van der Waals surface area contributed by atoms with Crippen LogP contribution < -0.4 is 5.32 Å². The summed E-state index contributed by atoms with van der Waals surface area (Å²) in [5, 5.41) is 2.80. The number of imide groups is 1. The number of nitrogens with zero attached hydrogens (tertiary/aromatic N) is 1. The van der Waals surface area contributed by atoms with Gasteiger partial charge in [-0.3, -0.25) is 9.69 Å². The van der Waals surface area contributed by atoms with E-state index in [1.165, 1.54) is 28.8 Å². The zero-order valence-corrected chi connectivity index (χ0v) is 14.9. The fourth-order valence-electron chi connectivity index (χ4n) is 2.77. The molecule has 3 amide bonds. The third-order valence-electron chi connectivity index (χ3n) is 4.30. The molecule has 1 unspecified atom stereocenters. The van der Waals surface area contributed by atoms with Gasteiger partial charge in [-0.15, -0.1) is 11.8 Å². The summed E-state index contributed by atoms with van der Waals surface area (Å²) in [4.78, 5) is 27.2. The summed E-state index contributed by atoms with van der Waals surface area (Å²) >= 11 is 1.48. The summed E-state index contributed by atoms with van der Waals surface area (Å²) in [5.74, 6) is 0.0165. The second-order valence-corrected chi connectivity index (χ2v) is 7.35. The molecule has 1 heterocycles. The number of halogens is 1. The van der Waals surface area contributed by atoms with Gasteiger partial charge < -0.3 is 5.32 Å². The predicted molar refractivity (Wildman–Crippen MR) is 95.9 cm³/mol. The van der Waals surface area contributed by atoms with E-state index in [0.717, 1.165) is 16.0 Å². The minimum absolute atomic E-state index is 0.249. The average molecular weight is 358 g/mol. The van der Waals surface area contributed by atoms with Crippen molar-refractivity contribution in [2.45, 2.75) is 24.3 Å². The van der Waals surface area contributed by atoms with E-state index in [1.54, 1.807) is 19.1 Å². The van der Waals surface area contributed by atoms with E-state index in [1.807, 2.05) is 31.2 Å². The average Bonchev–Trinajstić information content (AvgIpc) is 2.81. The lowest BCUT2D eigenvalue weighted by molar-refractivity contribution is -0.130. The number of nitrogens with one attached hydrogen (secondary N) is 1. The van der Waals surface area contributed by atoms with Crippen molar-refractivity contribution in [1.29, 1.82) is 0 Å². The highest BCUT2D eigenvalue weighted by molar-refractivity contribution is 7.99. The number of rotatable bonds is 5. The maximum absolute atomic E-state index is 12.9. The Hall–Kier alpha value is -2.34. The Morgan fingerprint density at radius 3 is 2.36 bits per heavy atom. The largest absolute Gasteiger partial charge is 0.325 e. The predicted octanol–water partition coefficient (Wildman–Crippen LogP) is 3.69. The van der Waals surface area contributed by atoms with Crippen molar-refractivity contribution >= 4 is 23.7 Å². The van der Waals surface area contributed by atoms with Gasteiger partial charge in [0.15, 0.2) is 0 Å². The minimum atomic E-state index is -1.04. The molecule has 0 saturated carbocycles. The summed E-state index contributed by atoms with van der Waals surface area (Å²) in [5.41, 5.74) is 0.826. The maximum atomic E-state index is 12.9. The molecule has 130 valence electrons. The molecule has 0 spiro atoms. The molecule has 0 aromatic heterocycles. The molecule has 1 atom stereocenters. The van der Waals surface area contributed by atoms with Crippen LogP contribution in [-0.2, 0) is 10.3 Å². The fourth-order valence-corrected chi connectivity index (χ4v) is 3.61. The van der Waals surface area contributed by atoms with Gasteiger partial charge in [0.1, 0.15) is 11.4 Å². The third kappa shape index (κ3) is 3.54. The van der Waals surface area contributed by atoms with E-state index < -0.39 is 5.54 Å². The van der Waals surface area contributed by atoms with Gasteiger partial charge in [-0.05, 0) is 43.7 Å². The minimum Gasteiger partial charge on any atom is -0.319 e. The molecule has 2 aromatic carbocycles. The highest BCUT2D eigenvalue weighted by atomic mass is 32.2. The Balaban J connectivity index is 1.66. The van der Waals surface area contributed by atoms with Crippen LogP contribution in [0, 0.1) is 12.7 Å². The van der Waals surface area contributed by atoms with Crippen molar-refractivity contribution in [2.24, 2.45) is 0 Å². The van der Waals surface area contributed by atoms with Crippen molar-refractivity contribution < 1.29 is 14.0 Å².